The van der Waals surface area contributed by atoms with Gasteiger partial charge in [0.1, 0.15) is 5.82 Å². The maximum absolute atomic E-state index is 13.6. The molecule has 2 N–H and O–H groups in total. The maximum atomic E-state index is 13.6. The van der Waals surface area contributed by atoms with E-state index in [0.29, 0.717) is 17.4 Å². The summed E-state index contributed by atoms with van der Waals surface area (Å²) in [6, 6.07) is 4.53. The number of anilines is 1. The van der Waals surface area contributed by atoms with Crippen molar-refractivity contribution < 1.29 is 9.18 Å². The monoisotopic (exact) mass is 300 g/mol. The molecule has 0 aromatic heterocycles. The van der Waals surface area contributed by atoms with Crippen molar-refractivity contribution in [2.45, 2.75) is 5.25 Å². The number of para-hydroxylation sites is 1. The van der Waals surface area contributed by atoms with Crippen molar-refractivity contribution >= 4 is 35.1 Å². The van der Waals surface area contributed by atoms with Gasteiger partial charge in [-0.15, -0.1) is 0 Å². The highest BCUT2D eigenvalue weighted by Crippen LogP contribution is 2.24. The first-order valence-corrected chi connectivity index (χ1v) is 8.36. The quantitative estimate of drug-likeness (QED) is 0.896. The van der Waals surface area contributed by atoms with Gasteiger partial charge in [0.25, 0.3) is 5.91 Å². The third-order valence-electron chi connectivity index (χ3n) is 2.88. The van der Waals surface area contributed by atoms with Crippen molar-refractivity contribution in [1.29, 1.82) is 0 Å². The molecule has 1 atom stereocenters. The van der Waals surface area contributed by atoms with Crippen molar-refractivity contribution in [2.24, 2.45) is 0 Å². The second kappa shape index (κ2) is 7.05. The Morgan fingerprint density at radius 2 is 2.32 bits per heavy atom. The predicted molar refractivity (Wildman–Crippen MR) is 81.9 cm³/mol. The number of amides is 1. The zero-order valence-corrected chi connectivity index (χ0v) is 12.4. The highest BCUT2D eigenvalue weighted by molar-refractivity contribution is 8.06. The molecule has 104 valence electrons. The number of thioether (sulfide) groups is 2. The van der Waals surface area contributed by atoms with E-state index >= 15 is 0 Å². The lowest BCUT2D eigenvalue weighted by Crippen LogP contribution is -2.33. The molecular formula is C13H17FN2OS2. The highest BCUT2D eigenvalue weighted by Gasteiger charge is 2.18. The van der Waals surface area contributed by atoms with Crippen LogP contribution in [0, 0.1) is 5.82 Å². The first-order valence-electron chi connectivity index (χ1n) is 6.16. The molecule has 3 nitrogen and oxygen atoms in total. The summed E-state index contributed by atoms with van der Waals surface area (Å²) in [4.78, 5) is 12.1. The van der Waals surface area contributed by atoms with Crippen LogP contribution in [0.2, 0.25) is 0 Å². The van der Waals surface area contributed by atoms with Gasteiger partial charge in [0.2, 0.25) is 0 Å². The van der Waals surface area contributed by atoms with Gasteiger partial charge >= 0.3 is 0 Å². The van der Waals surface area contributed by atoms with E-state index in [1.807, 2.05) is 23.5 Å². The molecular weight excluding hydrogens is 283 g/mol. The maximum Gasteiger partial charge on any atom is 0.253 e. The van der Waals surface area contributed by atoms with Crippen LogP contribution in [0.3, 0.4) is 0 Å². The third kappa shape index (κ3) is 3.79. The number of carbonyl (C=O) groups excluding carboxylic acids is 1. The third-order valence-corrected chi connectivity index (χ3v) is 5.73. The molecule has 1 aliphatic heterocycles. The summed E-state index contributed by atoms with van der Waals surface area (Å²) in [6.07, 6.45) is 0. The number of hydrogen-bond acceptors (Lipinski definition) is 4. The summed E-state index contributed by atoms with van der Waals surface area (Å²) in [5.74, 6) is 2.75. The lowest BCUT2D eigenvalue weighted by Gasteiger charge is -2.21. The summed E-state index contributed by atoms with van der Waals surface area (Å²) in [7, 11) is 1.61. The predicted octanol–water partition coefficient (Wildman–Crippen LogP) is 2.45. The summed E-state index contributed by atoms with van der Waals surface area (Å²) < 4.78 is 13.6. The Morgan fingerprint density at radius 1 is 1.47 bits per heavy atom. The Bertz CT molecular complexity index is 450. The minimum absolute atomic E-state index is 0.222. The van der Waals surface area contributed by atoms with Crippen LogP contribution in [0.25, 0.3) is 0 Å². The molecule has 1 aromatic carbocycles. The second-order valence-electron chi connectivity index (χ2n) is 4.19. The second-order valence-corrected chi connectivity index (χ2v) is 6.75. The van der Waals surface area contributed by atoms with E-state index in [0.717, 1.165) is 11.5 Å². The fourth-order valence-electron chi connectivity index (χ4n) is 1.92. The number of carbonyl (C=O) groups is 1. The highest BCUT2D eigenvalue weighted by atomic mass is 32.2. The Hall–Kier alpha value is -0.880. The largest absolute Gasteiger partial charge is 0.385 e. The average Bonchev–Trinajstić information content (AvgIpc) is 2.45. The zero-order chi connectivity index (χ0) is 13.7. The van der Waals surface area contributed by atoms with Crippen molar-refractivity contribution in [3.05, 3.63) is 29.6 Å². The number of nitrogens with one attached hydrogen (secondary N) is 2. The van der Waals surface area contributed by atoms with Crippen molar-refractivity contribution in [1.82, 2.24) is 5.32 Å². The van der Waals surface area contributed by atoms with E-state index in [-0.39, 0.29) is 11.6 Å². The van der Waals surface area contributed by atoms with Gasteiger partial charge in [-0.05, 0) is 12.1 Å². The van der Waals surface area contributed by atoms with Gasteiger partial charge < -0.3 is 10.6 Å². The standard InChI is InChI=1S/C13H17FN2OS2/c1-15-12-10(3-2-4-11(12)14)13(17)16-7-9-8-18-5-6-19-9/h2-4,9,15H,5-8H2,1H3,(H,16,17). The lowest BCUT2D eigenvalue weighted by molar-refractivity contribution is 0.0954. The summed E-state index contributed by atoms with van der Waals surface area (Å²) >= 11 is 3.80. The van der Waals surface area contributed by atoms with Gasteiger partial charge in [-0.2, -0.15) is 23.5 Å². The first-order chi connectivity index (χ1) is 9.22. The van der Waals surface area contributed by atoms with E-state index in [1.165, 1.54) is 11.8 Å². The van der Waals surface area contributed by atoms with Crippen LogP contribution < -0.4 is 10.6 Å². The van der Waals surface area contributed by atoms with E-state index in [1.54, 1.807) is 19.2 Å². The van der Waals surface area contributed by atoms with Crippen LogP contribution in [0.15, 0.2) is 18.2 Å². The van der Waals surface area contributed by atoms with E-state index in [4.69, 9.17) is 0 Å². The molecule has 6 heteroatoms. The molecule has 0 aliphatic carbocycles. The van der Waals surface area contributed by atoms with Crippen LogP contribution in [0.1, 0.15) is 10.4 Å². The van der Waals surface area contributed by atoms with Crippen molar-refractivity contribution in [3.8, 4) is 0 Å². The molecule has 1 heterocycles. The molecule has 0 saturated carbocycles. The van der Waals surface area contributed by atoms with Crippen LogP contribution >= 0.6 is 23.5 Å². The van der Waals surface area contributed by atoms with E-state index in [2.05, 4.69) is 10.6 Å². The molecule has 1 saturated heterocycles. The summed E-state index contributed by atoms with van der Waals surface area (Å²) in [6.45, 7) is 0.635. The molecule has 1 unspecified atom stereocenters. The van der Waals surface area contributed by atoms with Gasteiger partial charge in [0.05, 0.1) is 11.3 Å². The Labute approximate surface area is 121 Å². The number of benzene rings is 1. The smallest absolute Gasteiger partial charge is 0.253 e. The normalized spacial score (nSPS) is 18.9. The summed E-state index contributed by atoms with van der Waals surface area (Å²) in [5, 5.41) is 6.08. The van der Waals surface area contributed by atoms with Crippen LogP contribution in [-0.4, -0.2) is 42.0 Å². The lowest BCUT2D eigenvalue weighted by atomic mass is 10.1. The van der Waals surface area contributed by atoms with Crippen LogP contribution in [0.4, 0.5) is 10.1 Å². The minimum Gasteiger partial charge on any atom is -0.385 e. The topological polar surface area (TPSA) is 41.1 Å². The van der Waals surface area contributed by atoms with Gasteiger partial charge in [-0.25, -0.2) is 4.39 Å². The van der Waals surface area contributed by atoms with Crippen LogP contribution in [-0.2, 0) is 0 Å². The Balaban J connectivity index is 1.97. The van der Waals surface area contributed by atoms with Crippen molar-refractivity contribution in [3.63, 3.8) is 0 Å². The SMILES string of the molecule is CNc1c(F)cccc1C(=O)NCC1CSCCS1. The molecule has 1 aliphatic rings. The Morgan fingerprint density at radius 3 is 3.00 bits per heavy atom. The minimum atomic E-state index is -0.405. The molecule has 1 amide bonds. The van der Waals surface area contributed by atoms with Crippen molar-refractivity contribution in [2.75, 3.05) is 36.2 Å². The molecule has 1 aromatic rings. The van der Waals surface area contributed by atoms with Gasteiger partial charge in [-0.1, -0.05) is 6.07 Å². The molecule has 0 radical (unpaired) electrons. The molecule has 0 bridgehead atoms. The van der Waals surface area contributed by atoms with E-state index in [9.17, 15) is 9.18 Å². The zero-order valence-electron chi connectivity index (χ0n) is 10.7. The van der Waals surface area contributed by atoms with Gasteiger partial charge in [0, 0.05) is 36.1 Å². The molecule has 2 rings (SSSR count). The fraction of sp³-hybridized carbons (Fsp3) is 0.462. The van der Waals surface area contributed by atoms with Gasteiger partial charge in [-0.3, -0.25) is 4.79 Å². The number of hydrogen-bond donors (Lipinski definition) is 2. The van der Waals surface area contributed by atoms with Gasteiger partial charge in [0.15, 0.2) is 0 Å². The van der Waals surface area contributed by atoms with Crippen LogP contribution in [0.5, 0.6) is 0 Å². The number of halogens is 1. The molecule has 1 fully saturated rings. The van der Waals surface area contributed by atoms with E-state index < -0.39 is 5.82 Å². The summed E-state index contributed by atoms with van der Waals surface area (Å²) in [5.41, 5.74) is 0.613. The molecule has 0 spiro atoms. The Kier molecular flexibility index (Phi) is 5.39. The average molecular weight is 300 g/mol. The molecule has 19 heavy (non-hydrogen) atoms. The number of rotatable bonds is 4. The first kappa shape index (κ1) is 14.5. The fourth-order valence-corrected chi connectivity index (χ4v) is 4.54.